The maximum Gasteiger partial charge on any atom is 0.387 e. The standard InChI is InChI=1S/C20H19F2N3O2/c1-13-2-5-17(10-15(13)8-9-26)25-20-23-11-16(12-24-20)14-3-6-18(7-4-14)27-19(21)22/h2-7,10-12,19,26H,8-9H2,1H3,(H,23,24,25). The SMILES string of the molecule is Cc1ccc(Nc2ncc(-c3ccc(OC(F)F)cc3)cn2)cc1CCO. The molecule has 0 radical (unpaired) electrons. The van der Waals surface area contributed by atoms with Crippen molar-refractivity contribution in [3.63, 3.8) is 0 Å². The van der Waals surface area contributed by atoms with Crippen LogP contribution in [-0.2, 0) is 6.42 Å². The van der Waals surface area contributed by atoms with E-state index >= 15 is 0 Å². The molecule has 0 saturated carbocycles. The van der Waals surface area contributed by atoms with Crippen LogP contribution >= 0.6 is 0 Å². The van der Waals surface area contributed by atoms with Crippen molar-refractivity contribution in [2.45, 2.75) is 20.0 Å². The van der Waals surface area contributed by atoms with Gasteiger partial charge >= 0.3 is 6.61 Å². The van der Waals surface area contributed by atoms with E-state index in [1.165, 1.54) is 12.1 Å². The number of nitrogens with one attached hydrogen (secondary N) is 1. The third-order valence-electron chi connectivity index (χ3n) is 4.05. The lowest BCUT2D eigenvalue weighted by atomic mass is 10.1. The Labute approximate surface area is 155 Å². The number of alkyl halides is 2. The van der Waals surface area contributed by atoms with E-state index in [1.807, 2.05) is 25.1 Å². The van der Waals surface area contributed by atoms with Gasteiger partial charge in [-0.3, -0.25) is 0 Å². The van der Waals surface area contributed by atoms with Crippen molar-refractivity contribution in [2.24, 2.45) is 0 Å². The van der Waals surface area contributed by atoms with Crippen LogP contribution in [0.4, 0.5) is 20.4 Å². The number of ether oxygens (including phenoxy) is 1. The molecule has 1 heterocycles. The van der Waals surface area contributed by atoms with Gasteiger partial charge in [-0.2, -0.15) is 8.78 Å². The molecule has 5 nitrogen and oxygen atoms in total. The van der Waals surface area contributed by atoms with Gasteiger partial charge in [-0.15, -0.1) is 0 Å². The summed E-state index contributed by atoms with van der Waals surface area (Å²) >= 11 is 0. The Morgan fingerprint density at radius 3 is 2.37 bits per heavy atom. The molecular formula is C20H19F2N3O2. The highest BCUT2D eigenvalue weighted by molar-refractivity contribution is 5.64. The number of aliphatic hydroxyl groups excluding tert-OH is 1. The van der Waals surface area contributed by atoms with Gasteiger partial charge in [0, 0.05) is 30.3 Å². The van der Waals surface area contributed by atoms with Gasteiger partial charge in [0.05, 0.1) is 0 Å². The molecule has 0 spiro atoms. The third kappa shape index (κ3) is 4.98. The Morgan fingerprint density at radius 1 is 1.04 bits per heavy atom. The van der Waals surface area contributed by atoms with Crippen molar-refractivity contribution in [3.8, 4) is 16.9 Å². The van der Waals surface area contributed by atoms with Gasteiger partial charge in [0.15, 0.2) is 0 Å². The van der Waals surface area contributed by atoms with Crippen LogP contribution in [0.2, 0.25) is 0 Å². The van der Waals surface area contributed by atoms with E-state index < -0.39 is 6.61 Å². The fourth-order valence-electron chi connectivity index (χ4n) is 2.64. The van der Waals surface area contributed by atoms with Gasteiger partial charge in [0.25, 0.3) is 0 Å². The van der Waals surface area contributed by atoms with E-state index in [0.717, 1.165) is 27.9 Å². The molecule has 0 amide bonds. The molecule has 2 aromatic carbocycles. The number of aryl methyl sites for hydroxylation is 1. The number of anilines is 2. The summed E-state index contributed by atoms with van der Waals surface area (Å²) in [6.45, 7) is -0.752. The summed E-state index contributed by atoms with van der Waals surface area (Å²) in [4.78, 5) is 8.59. The van der Waals surface area contributed by atoms with Gasteiger partial charge in [-0.25, -0.2) is 9.97 Å². The monoisotopic (exact) mass is 371 g/mol. The molecule has 7 heteroatoms. The lowest BCUT2D eigenvalue weighted by Gasteiger charge is -2.10. The number of rotatable bonds is 7. The van der Waals surface area contributed by atoms with Gasteiger partial charge in [0.2, 0.25) is 5.95 Å². The molecule has 0 fully saturated rings. The molecule has 0 aliphatic rings. The van der Waals surface area contributed by atoms with Crippen LogP contribution < -0.4 is 10.1 Å². The van der Waals surface area contributed by atoms with Crippen LogP contribution in [0, 0.1) is 6.92 Å². The summed E-state index contributed by atoms with van der Waals surface area (Å²) in [5, 5.41) is 12.3. The predicted molar refractivity (Wildman–Crippen MR) is 99.4 cm³/mol. The van der Waals surface area contributed by atoms with Crippen molar-refractivity contribution in [2.75, 3.05) is 11.9 Å². The summed E-state index contributed by atoms with van der Waals surface area (Å²) < 4.78 is 28.7. The highest BCUT2D eigenvalue weighted by atomic mass is 19.3. The van der Waals surface area contributed by atoms with Crippen LogP contribution in [0.1, 0.15) is 11.1 Å². The molecule has 140 valence electrons. The first kappa shape index (κ1) is 18.7. The molecule has 0 atom stereocenters. The van der Waals surface area contributed by atoms with Gasteiger partial charge in [-0.05, 0) is 54.3 Å². The zero-order valence-electron chi connectivity index (χ0n) is 14.7. The van der Waals surface area contributed by atoms with Crippen molar-refractivity contribution >= 4 is 11.6 Å². The Balaban J connectivity index is 1.71. The summed E-state index contributed by atoms with van der Waals surface area (Å²) in [5.74, 6) is 0.543. The van der Waals surface area contributed by atoms with Crippen molar-refractivity contribution < 1.29 is 18.6 Å². The van der Waals surface area contributed by atoms with Crippen molar-refractivity contribution in [1.29, 1.82) is 0 Å². The molecule has 3 aromatic rings. The van der Waals surface area contributed by atoms with Gasteiger partial charge in [-0.1, -0.05) is 18.2 Å². The van der Waals surface area contributed by atoms with Crippen LogP contribution in [0.5, 0.6) is 5.75 Å². The predicted octanol–water partition coefficient (Wildman–Crippen LogP) is 4.33. The minimum absolute atomic E-state index is 0.0939. The van der Waals surface area contributed by atoms with E-state index in [2.05, 4.69) is 20.0 Å². The summed E-state index contributed by atoms with van der Waals surface area (Å²) in [6.07, 6.45) is 3.90. The Kier molecular flexibility index (Phi) is 5.93. The fraction of sp³-hybridized carbons (Fsp3) is 0.200. The lowest BCUT2D eigenvalue weighted by Crippen LogP contribution is -2.01. The second kappa shape index (κ2) is 8.55. The van der Waals surface area contributed by atoms with Crippen molar-refractivity contribution in [3.05, 3.63) is 66.0 Å². The number of hydrogen-bond acceptors (Lipinski definition) is 5. The Bertz CT molecular complexity index is 885. The number of aliphatic hydroxyl groups is 1. The second-order valence-electron chi connectivity index (χ2n) is 5.94. The molecule has 0 saturated heterocycles. The summed E-state index contributed by atoms with van der Waals surface area (Å²) in [6, 6.07) is 12.2. The zero-order chi connectivity index (χ0) is 19.2. The number of benzene rings is 2. The van der Waals surface area contributed by atoms with E-state index in [-0.39, 0.29) is 12.4 Å². The van der Waals surface area contributed by atoms with Gasteiger partial charge in [0.1, 0.15) is 5.75 Å². The molecule has 2 N–H and O–H groups in total. The largest absolute Gasteiger partial charge is 0.435 e. The smallest absolute Gasteiger partial charge is 0.387 e. The molecule has 0 aliphatic heterocycles. The van der Waals surface area contributed by atoms with Crippen LogP contribution in [-0.4, -0.2) is 28.3 Å². The van der Waals surface area contributed by atoms with Crippen LogP contribution in [0.15, 0.2) is 54.9 Å². The molecule has 1 aromatic heterocycles. The molecule has 0 bridgehead atoms. The number of aromatic nitrogens is 2. The summed E-state index contributed by atoms with van der Waals surface area (Å²) in [7, 11) is 0. The number of nitrogens with zero attached hydrogens (tertiary/aromatic N) is 2. The molecular weight excluding hydrogens is 352 g/mol. The zero-order valence-corrected chi connectivity index (χ0v) is 14.7. The lowest BCUT2D eigenvalue weighted by molar-refractivity contribution is -0.0498. The van der Waals surface area contributed by atoms with E-state index in [4.69, 9.17) is 5.11 Å². The van der Waals surface area contributed by atoms with Crippen LogP contribution in [0.25, 0.3) is 11.1 Å². The maximum absolute atomic E-state index is 12.2. The Morgan fingerprint density at radius 2 is 1.74 bits per heavy atom. The third-order valence-corrected chi connectivity index (χ3v) is 4.05. The highest BCUT2D eigenvalue weighted by Gasteiger charge is 2.06. The normalized spacial score (nSPS) is 10.9. The van der Waals surface area contributed by atoms with E-state index in [9.17, 15) is 8.78 Å². The number of halogens is 2. The first-order valence-electron chi connectivity index (χ1n) is 8.40. The van der Waals surface area contributed by atoms with Gasteiger partial charge < -0.3 is 15.2 Å². The minimum Gasteiger partial charge on any atom is -0.435 e. The number of hydrogen-bond donors (Lipinski definition) is 2. The molecule has 0 unspecified atom stereocenters. The average Bonchev–Trinajstić information content (AvgIpc) is 2.66. The average molecular weight is 371 g/mol. The first-order valence-corrected chi connectivity index (χ1v) is 8.40. The van der Waals surface area contributed by atoms with E-state index in [1.54, 1.807) is 24.5 Å². The fourth-order valence-corrected chi connectivity index (χ4v) is 2.64. The topological polar surface area (TPSA) is 67.3 Å². The first-order chi connectivity index (χ1) is 13.0. The molecule has 27 heavy (non-hydrogen) atoms. The highest BCUT2D eigenvalue weighted by Crippen LogP contribution is 2.24. The van der Waals surface area contributed by atoms with Crippen molar-refractivity contribution in [1.82, 2.24) is 9.97 Å². The molecule has 3 rings (SSSR count). The molecule has 0 aliphatic carbocycles. The van der Waals surface area contributed by atoms with E-state index in [0.29, 0.717) is 12.4 Å². The minimum atomic E-state index is -2.84. The summed E-state index contributed by atoms with van der Waals surface area (Å²) in [5.41, 5.74) is 4.57. The maximum atomic E-state index is 12.2. The quantitative estimate of drug-likeness (QED) is 0.647. The second-order valence-corrected chi connectivity index (χ2v) is 5.94. The van der Waals surface area contributed by atoms with Crippen LogP contribution in [0.3, 0.4) is 0 Å². The Hall–Kier alpha value is -3.06.